The predicted octanol–water partition coefficient (Wildman–Crippen LogP) is 3.59. The van der Waals surface area contributed by atoms with Crippen LogP contribution in [-0.4, -0.2) is 9.55 Å². The van der Waals surface area contributed by atoms with Crippen molar-refractivity contribution in [3.63, 3.8) is 0 Å². The summed E-state index contributed by atoms with van der Waals surface area (Å²) in [5, 5.41) is 0. The number of aromatic nitrogens is 2. The molecule has 0 radical (unpaired) electrons. The van der Waals surface area contributed by atoms with E-state index in [1.54, 1.807) is 6.07 Å². The van der Waals surface area contributed by atoms with Gasteiger partial charge in [0.15, 0.2) is 4.77 Å². The van der Waals surface area contributed by atoms with Gasteiger partial charge >= 0.3 is 0 Å². The molecule has 1 aromatic carbocycles. The number of H-pyrrole nitrogens is 1. The molecule has 0 aliphatic carbocycles. The molecule has 0 bridgehead atoms. The maximum atomic E-state index is 13.5. The number of imidazole rings is 1. The quantitative estimate of drug-likeness (QED) is 0.678. The van der Waals surface area contributed by atoms with Gasteiger partial charge in [0.25, 0.3) is 0 Å². The summed E-state index contributed by atoms with van der Waals surface area (Å²) in [5.41, 5.74) is 1.15. The Kier molecular flexibility index (Phi) is 2.19. The average molecular weight is 224 g/mol. The number of para-hydroxylation sites is 1. The smallest absolute Gasteiger partial charge is 0.178 e. The van der Waals surface area contributed by atoms with Crippen LogP contribution in [0.15, 0.2) is 18.2 Å². The zero-order chi connectivity index (χ0) is 11.2. The molecule has 0 unspecified atom stereocenters. The van der Waals surface area contributed by atoms with Gasteiger partial charge < -0.3 is 9.55 Å². The molecular weight excluding hydrogens is 211 g/mol. The fourth-order valence-electron chi connectivity index (χ4n) is 1.76. The molecule has 0 aliphatic heterocycles. The summed E-state index contributed by atoms with van der Waals surface area (Å²) in [6.07, 6.45) is 0. The van der Waals surface area contributed by atoms with Crippen LogP contribution in [0.25, 0.3) is 11.0 Å². The topological polar surface area (TPSA) is 20.7 Å². The van der Waals surface area contributed by atoms with Gasteiger partial charge in [-0.25, -0.2) is 4.39 Å². The number of nitrogens with zero attached hydrogens (tertiary/aromatic N) is 1. The molecule has 4 heteroatoms. The number of hydrogen-bond acceptors (Lipinski definition) is 1. The second kappa shape index (κ2) is 3.17. The number of halogens is 1. The normalized spacial score (nSPS) is 12.3. The van der Waals surface area contributed by atoms with E-state index in [0.717, 1.165) is 5.52 Å². The lowest BCUT2D eigenvalue weighted by atomic mass is 10.1. The van der Waals surface area contributed by atoms with Crippen LogP contribution in [0.1, 0.15) is 20.8 Å². The molecule has 0 fully saturated rings. The SMILES string of the molecule is CC(C)(C)n1c(=S)[nH]c2c(F)cccc21. The summed E-state index contributed by atoms with van der Waals surface area (Å²) in [6.45, 7) is 6.13. The lowest BCUT2D eigenvalue weighted by molar-refractivity contribution is 0.404. The summed E-state index contributed by atoms with van der Waals surface area (Å²) >= 11 is 5.20. The zero-order valence-corrected chi connectivity index (χ0v) is 9.78. The number of benzene rings is 1. The van der Waals surface area contributed by atoms with Gasteiger partial charge in [0.05, 0.1) is 5.52 Å². The number of hydrogen-bond donors (Lipinski definition) is 1. The third kappa shape index (κ3) is 1.59. The fraction of sp³-hybridized carbons (Fsp3) is 0.364. The first kappa shape index (κ1) is 10.4. The van der Waals surface area contributed by atoms with Crippen LogP contribution in [0.4, 0.5) is 4.39 Å². The first-order valence-electron chi connectivity index (χ1n) is 4.81. The maximum Gasteiger partial charge on any atom is 0.178 e. The Bertz CT molecular complexity index is 560. The Hall–Kier alpha value is -1.16. The van der Waals surface area contributed by atoms with Gasteiger partial charge in [-0.1, -0.05) is 6.07 Å². The molecule has 15 heavy (non-hydrogen) atoms. The Balaban J connectivity index is 2.92. The van der Waals surface area contributed by atoms with Gasteiger partial charge in [0.1, 0.15) is 11.3 Å². The van der Waals surface area contributed by atoms with Crippen molar-refractivity contribution in [2.24, 2.45) is 0 Å². The highest BCUT2D eigenvalue weighted by Gasteiger charge is 2.18. The second-order valence-electron chi connectivity index (χ2n) is 4.57. The zero-order valence-electron chi connectivity index (χ0n) is 8.97. The standard InChI is InChI=1S/C11H13FN2S/c1-11(2,3)14-8-6-4-5-7(12)9(8)13-10(14)15/h4-6H,1-3H3,(H,13,15). The minimum Gasteiger partial charge on any atom is -0.328 e. The van der Waals surface area contributed by atoms with Crippen molar-refractivity contribution >= 4 is 23.3 Å². The highest BCUT2D eigenvalue weighted by atomic mass is 32.1. The third-order valence-electron chi connectivity index (χ3n) is 2.34. The lowest BCUT2D eigenvalue weighted by Crippen LogP contribution is -2.21. The van der Waals surface area contributed by atoms with Gasteiger partial charge in [-0.3, -0.25) is 0 Å². The summed E-state index contributed by atoms with van der Waals surface area (Å²) < 4.78 is 16.0. The van der Waals surface area contributed by atoms with E-state index >= 15 is 0 Å². The highest BCUT2D eigenvalue weighted by molar-refractivity contribution is 7.71. The van der Waals surface area contributed by atoms with Crippen LogP contribution in [0.5, 0.6) is 0 Å². The summed E-state index contributed by atoms with van der Waals surface area (Å²) in [4.78, 5) is 2.90. The van der Waals surface area contributed by atoms with Crippen molar-refractivity contribution in [3.05, 3.63) is 28.8 Å². The molecule has 0 saturated carbocycles. The summed E-state index contributed by atoms with van der Waals surface area (Å²) in [5.74, 6) is -0.262. The molecule has 1 aromatic heterocycles. The molecule has 1 N–H and O–H groups in total. The third-order valence-corrected chi connectivity index (χ3v) is 2.62. The molecular formula is C11H13FN2S. The molecule has 0 aliphatic rings. The molecule has 80 valence electrons. The number of nitrogens with one attached hydrogen (secondary N) is 1. The minimum atomic E-state index is -0.262. The van der Waals surface area contributed by atoms with Crippen molar-refractivity contribution in [3.8, 4) is 0 Å². The maximum absolute atomic E-state index is 13.5. The van der Waals surface area contributed by atoms with Crippen LogP contribution in [-0.2, 0) is 5.54 Å². The first-order chi connectivity index (χ1) is 6.91. The number of fused-ring (bicyclic) bond motifs is 1. The van der Waals surface area contributed by atoms with E-state index < -0.39 is 0 Å². The Morgan fingerprint density at radius 1 is 1.33 bits per heavy atom. The van der Waals surface area contributed by atoms with Crippen molar-refractivity contribution in [2.75, 3.05) is 0 Å². The predicted molar refractivity (Wildman–Crippen MR) is 62.1 cm³/mol. The van der Waals surface area contributed by atoms with Gasteiger partial charge in [-0.15, -0.1) is 0 Å². The molecule has 1 heterocycles. The van der Waals surface area contributed by atoms with E-state index in [1.165, 1.54) is 6.07 Å². The van der Waals surface area contributed by atoms with E-state index in [2.05, 4.69) is 4.98 Å². The van der Waals surface area contributed by atoms with Crippen molar-refractivity contribution < 1.29 is 4.39 Å². The molecule has 2 rings (SSSR count). The van der Waals surface area contributed by atoms with Crippen molar-refractivity contribution in [1.29, 1.82) is 0 Å². The Morgan fingerprint density at radius 3 is 2.60 bits per heavy atom. The van der Waals surface area contributed by atoms with Crippen molar-refractivity contribution in [1.82, 2.24) is 9.55 Å². The Morgan fingerprint density at radius 2 is 2.00 bits per heavy atom. The van der Waals surface area contributed by atoms with E-state index in [1.807, 2.05) is 31.4 Å². The van der Waals surface area contributed by atoms with Crippen LogP contribution in [0.3, 0.4) is 0 Å². The van der Waals surface area contributed by atoms with Gasteiger partial charge in [0, 0.05) is 5.54 Å². The van der Waals surface area contributed by atoms with Crippen molar-refractivity contribution in [2.45, 2.75) is 26.3 Å². The molecule has 0 amide bonds. The molecule has 0 atom stereocenters. The first-order valence-corrected chi connectivity index (χ1v) is 5.22. The molecule has 0 saturated heterocycles. The summed E-state index contributed by atoms with van der Waals surface area (Å²) in [7, 11) is 0. The van der Waals surface area contributed by atoms with Crippen LogP contribution < -0.4 is 0 Å². The lowest BCUT2D eigenvalue weighted by Gasteiger charge is -2.21. The highest BCUT2D eigenvalue weighted by Crippen LogP contribution is 2.24. The fourth-order valence-corrected chi connectivity index (χ4v) is 2.24. The number of rotatable bonds is 0. The minimum absolute atomic E-state index is 0.150. The molecule has 2 aromatic rings. The monoisotopic (exact) mass is 224 g/mol. The van der Waals surface area contributed by atoms with Gasteiger partial charge in [0.2, 0.25) is 0 Å². The van der Waals surface area contributed by atoms with E-state index in [0.29, 0.717) is 10.3 Å². The van der Waals surface area contributed by atoms with E-state index in [4.69, 9.17) is 12.2 Å². The van der Waals surface area contributed by atoms with Gasteiger partial charge in [-0.2, -0.15) is 0 Å². The van der Waals surface area contributed by atoms with Crippen LogP contribution >= 0.6 is 12.2 Å². The van der Waals surface area contributed by atoms with E-state index in [-0.39, 0.29) is 11.4 Å². The van der Waals surface area contributed by atoms with Gasteiger partial charge in [-0.05, 0) is 45.1 Å². The van der Waals surface area contributed by atoms with E-state index in [9.17, 15) is 4.39 Å². The largest absolute Gasteiger partial charge is 0.328 e. The van der Waals surface area contributed by atoms with Crippen LogP contribution in [0.2, 0.25) is 0 Å². The number of aromatic amines is 1. The Labute approximate surface area is 92.7 Å². The molecule has 0 spiro atoms. The summed E-state index contributed by atoms with van der Waals surface area (Å²) in [6, 6.07) is 5.00. The second-order valence-corrected chi connectivity index (χ2v) is 4.96. The van der Waals surface area contributed by atoms with Crippen LogP contribution in [0, 0.1) is 10.6 Å². The molecule has 2 nitrogen and oxygen atoms in total. The average Bonchev–Trinajstić information content (AvgIpc) is 2.41.